The lowest BCUT2D eigenvalue weighted by atomic mass is 9.90. The van der Waals surface area contributed by atoms with Gasteiger partial charge in [-0.05, 0) is 73.4 Å². The number of para-hydroxylation sites is 1. The Morgan fingerprint density at radius 2 is 1.79 bits per heavy atom. The number of aryl methyl sites for hydroxylation is 1. The third-order valence-electron chi connectivity index (χ3n) is 6.18. The molecular formula is C26H26ClFN4O. The van der Waals surface area contributed by atoms with E-state index in [9.17, 15) is 4.39 Å². The van der Waals surface area contributed by atoms with Gasteiger partial charge in [-0.1, -0.05) is 24.3 Å². The number of ether oxygens (including phenoxy) is 1. The van der Waals surface area contributed by atoms with Crippen molar-refractivity contribution in [2.75, 3.05) is 23.9 Å². The smallest absolute Gasteiger partial charge is 0.229 e. The third kappa shape index (κ3) is 4.18. The minimum absolute atomic E-state index is 0. The lowest BCUT2D eigenvalue weighted by Gasteiger charge is -2.37. The van der Waals surface area contributed by atoms with Crippen molar-refractivity contribution in [3.8, 4) is 5.75 Å². The predicted octanol–water partition coefficient (Wildman–Crippen LogP) is 6.38. The lowest BCUT2D eigenvalue weighted by Crippen LogP contribution is -2.35. The molecule has 0 spiro atoms. The molecule has 3 aromatic carbocycles. The van der Waals surface area contributed by atoms with Crippen LogP contribution in [0, 0.1) is 12.7 Å². The van der Waals surface area contributed by atoms with Crippen molar-refractivity contribution in [3.05, 3.63) is 83.2 Å². The highest BCUT2D eigenvalue weighted by Gasteiger charge is 2.28. The molecule has 1 atom stereocenters. The maximum atomic E-state index is 13.4. The minimum Gasteiger partial charge on any atom is -0.494 e. The highest BCUT2D eigenvalue weighted by Crippen LogP contribution is 2.39. The summed E-state index contributed by atoms with van der Waals surface area (Å²) in [6.07, 6.45) is 0.956. The van der Waals surface area contributed by atoms with Gasteiger partial charge in [-0.15, -0.1) is 12.4 Å². The standard InChI is InChI=1S/C26H25FN4O.ClH/c1-16-6-4-7-18-14-15-31(17(2)23(16)18)25-21-8-5-9-22(32-3)24(21)29-26(30-25)28-20-12-10-19(27)11-13-20;/h4-13,17H,14-15H2,1-3H3,(H,28,29,30);1H. The van der Waals surface area contributed by atoms with Gasteiger partial charge in [-0.3, -0.25) is 0 Å². The van der Waals surface area contributed by atoms with Gasteiger partial charge in [0.2, 0.25) is 5.95 Å². The number of hydrogen-bond donors (Lipinski definition) is 1. The van der Waals surface area contributed by atoms with Crippen molar-refractivity contribution < 1.29 is 9.13 Å². The largest absolute Gasteiger partial charge is 0.494 e. The van der Waals surface area contributed by atoms with Crippen molar-refractivity contribution in [2.45, 2.75) is 26.3 Å². The van der Waals surface area contributed by atoms with E-state index in [0.29, 0.717) is 11.7 Å². The zero-order valence-corrected chi connectivity index (χ0v) is 19.6. The molecule has 33 heavy (non-hydrogen) atoms. The van der Waals surface area contributed by atoms with Crippen molar-refractivity contribution in [3.63, 3.8) is 0 Å². The minimum atomic E-state index is -0.284. The van der Waals surface area contributed by atoms with E-state index in [2.05, 4.69) is 42.3 Å². The summed E-state index contributed by atoms with van der Waals surface area (Å²) < 4.78 is 19.0. The molecule has 1 aliphatic heterocycles. The first-order valence-electron chi connectivity index (χ1n) is 10.8. The summed E-state index contributed by atoms with van der Waals surface area (Å²) in [6, 6.07) is 18.8. The molecule has 170 valence electrons. The van der Waals surface area contributed by atoms with Crippen LogP contribution in [-0.4, -0.2) is 23.6 Å². The van der Waals surface area contributed by atoms with Gasteiger partial charge < -0.3 is 15.0 Å². The van der Waals surface area contributed by atoms with Crippen LogP contribution in [0.25, 0.3) is 10.9 Å². The van der Waals surface area contributed by atoms with Crippen LogP contribution in [0.1, 0.15) is 29.7 Å². The van der Waals surface area contributed by atoms with E-state index in [1.807, 2.05) is 18.2 Å². The molecule has 5 nitrogen and oxygen atoms in total. The molecule has 2 heterocycles. The normalized spacial score (nSPS) is 15.0. The van der Waals surface area contributed by atoms with Crippen molar-refractivity contribution in [2.24, 2.45) is 0 Å². The summed E-state index contributed by atoms with van der Waals surface area (Å²) in [4.78, 5) is 12.0. The second-order valence-electron chi connectivity index (χ2n) is 8.13. The van der Waals surface area contributed by atoms with Gasteiger partial charge in [0.15, 0.2) is 0 Å². The average Bonchev–Trinajstić information content (AvgIpc) is 2.80. The van der Waals surface area contributed by atoms with Gasteiger partial charge in [-0.2, -0.15) is 4.98 Å². The summed E-state index contributed by atoms with van der Waals surface area (Å²) in [5.74, 6) is 1.72. The molecule has 0 radical (unpaired) electrons. The summed E-state index contributed by atoms with van der Waals surface area (Å²) >= 11 is 0. The Bertz CT molecular complexity index is 1300. The van der Waals surface area contributed by atoms with E-state index in [-0.39, 0.29) is 24.3 Å². The highest BCUT2D eigenvalue weighted by atomic mass is 35.5. The van der Waals surface area contributed by atoms with Crippen molar-refractivity contribution in [1.82, 2.24) is 9.97 Å². The maximum Gasteiger partial charge on any atom is 0.229 e. The van der Waals surface area contributed by atoms with Gasteiger partial charge in [0.1, 0.15) is 22.9 Å². The van der Waals surface area contributed by atoms with E-state index < -0.39 is 0 Å². The molecule has 4 aromatic rings. The molecule has 0 amide bonds. The Morgan fingerprint density at radius 3 is 2.55 bits per heavy atom. The number of methoxy groups -OCH3 is 1. The second kappa shape index (κ2) is 9.24. The predicted molar refractivity (Wildman–Crippen MR) is 134 cm³/mol. The first kappa shape index (κ1) is 22.8. The molecule has 1 aliphatic rings. The topological polar surface area (TPSA) is 50.3 Å². The number of hydrogen-bond acceptors (Lipinski definition) is 5. The number of benzene rings is 3. The monoisotopic (exact) mass is 464 g/mol. The van der Waals surface area contributed by atoms with Crippen LogP contribution < -0.4 is 15.0 Å². The summed E-state index contributed by atoms with van der Waals surface area (Å²) in [5.41, 5.74) is 5.52. The highest BCUT2D eigenvalue weighted by molar-refractivity contribution is 5.95. The quantitative estimate of drug-likeness (QED) is 0.380. The van der Waals surface area contributed by atoms with Gasteiger partial charge in [0.05, 0.1) is 13.2 Å². The maximum absolute atomic E-state index is 13.4. The summed E-state index contributed by atoms with van der Waals surface area (Å²) in [6.45, 7) is 5.25. The summed E-state index contributed by atoms with van der Waals surface area (Å²) in [5, 5.41) is 4.17. The number of nitrogens with zero attached hydrogens (tertiary/aromatic N) is 3. The average molecular weight is 465 g/mol. The van der Waals surface area contributed by atoms with Crippen molar-refractivity contribution in [1.29, 1.82) is 0 Å². The molecule has 1 N–H and O–H groups in total. The Labute approximate surface area is 199 Å². The van der Waals surface area contributed by atoms with E-state index in [1.165, 1.54) is 28.8 Å². The number of anilines is 3. The fourth-order valence-electron chi connectivity index (χ4n) is 4.65. The zero-order chi connectivity index (χ0) is 22.2. The Hall–Kier alpha value is -3.38. The second-order valence-corrected chi connectivity index (χ2v) is 8.13. The Kier molecular flexibility index (Phi) is 6.38. The fourth-order valence-corrected chi connectivity index (χ4v) is 4.65. The molecule has 0 saturated carbocycles. The van der Waals surface area contributed by atoms with Crippen LogP contribution in [0.4, 0.5) is 21.8 Å². The van der Waals surface area contributed by atoms with Crippen LogP contribution in [-0.2, 0) is 6.42 Å². The molecule has 0 bridgehead atoms. The van der Waals surface area contributed by atoms with E-state index >= 15 is 0 Å². The molecule has 1 aromatic heterocycles. The Balaban J connectivity index is 0.00000259. The number of nitrogens with one attached hydrogen (secondary N) is 1. The molecular weight excluding hydrogens is 439 g/mol. The van der Waals surface area contributed by atoms with Crippen LogP contribution in [0.2, 0.25) is 0 Å². The number of fused-ring (bicyclic) bond motifs is 2. The molecule has 0 saturated heterocycles. The first-order chi connectivity index (χ1) is 15.5. The van der Waals surface area contributed by atoms with E-state index in [4.69, 9.17) is 14.7 Å². The van der Waals surface area contributed by atoms with Crippen LogP contribution in [0.3, 0.4) is 0 Å². The lowest BCUT2D eigenvalue weighted by molar-refractivity contribution is 0.419. The molecule has 0 aliphatic carbocycles. The number of halogens is 2. The molecule has 1 unspecified atom stereocenters. The van der Waals surface area contributed by atoms with Gasteiger partial charge in [-0.25, -0.2) is 9.37 Å². The van der Waals surface area contributed by atoms with Gasteiger partial charge in [0, 0.05) is 17.6 Å². The summed E-state index contributed by atoms with van der Waals surface area (Å²) in [7, 11) is 1.65. The number of aromatic nitrogens is 2. The van der Waals surface area contributed by atoms with Crippen LogP contribution in [0.5, 0.6) is 5.75 Å². The SMILES string of the molecule is COc1cccc2c(N3CCc4cccc(C)c4C3C)nc(Nc3ccc(F)cc3)nc12.Cl. The van der Waals surface area contributed by atoms with E-state index in [1.54, 1.807) is 19.2 Å². The zero-order valence-electron chi connectivity index (χ0n) is 18.8. The molecule has 0 fully saturated rings. The van der Waals surface area contributed by atoms with E-state index in [0.717, 1.165) is 35.4 Å². The molecule has 7 heteroatoms. The fraction of sp³-hybridized carbons (Fsp3) is 0.231. The van der Waals surface area contributed by atoms with Gasteiger partial charge >= 0.3 is 0 Å². The van der Waals surface area contributed by atoms with Crippen LogP contribution in [0.15, 0.2) is 60.7 Å². The Morgan fingerprint density at radius 1 is 1.03 bits per heavy atom. The first-order valence-corrected chi connectivity index (χ1v) is 10.8. The van der Waals surface area contributed by atoms with Crippen molar-refractivity contribution >= 4 is 40.8 Å². The number of rotatable bonds is 4. The molecule has 5 rings (SSSR count). The van der Waals surface area contributed by atoms with Gasteiger partial charge in [0.25, 0.3) is 0 Å². The third-order valence-corrected chi connectivity index (χ3v) is 6.18. The van der Waals surface area contributed by atoms with Crippen LogP contribution >= 0.6 is 12.4 Å².